The van der Waals surface area contributed by atoms with Crippen LogP contribution in [0.25, 0.3) is 0 Å². The van der Waals surface area contributed by atoms with Crippen molar-refractivity contribution in [3.63, 3.8) is 0 Å². The molecular weight excluding hydrogens is 331 g/mol. The minimum Gasteiger partial charge on any atom is -0.382 e. The number of hydrogen-bond acceptors (Lipinski definition) is 3. The topological polar surface area (TPSA) is 41.3 Å². The molecule has 0 radical (unpaired) electrons. The average molecular weight is 346 g/mol. The monoisotopic (exact) mass is 345 g/mol. The smallest absolute Gasteiger partial charge is 0.382 e. The van der Waals surface area contributed by atoms with E-state index in [0.717, 1.165) is 10.1 Å². The van der Waals surface area contributed by atoms with E-state index in [1.165, 1.54) is 12.4 Å². The fraction of sp³-hybridized carbons (Fsp3) is 0.400. The Bertz CT molecular complexity index is 678. The normalized spacial score (nSPS) is 18.0. The van der Waals surface area contributed by atoms with Crippen LogP contribution < -0.4 is 0 Å². The van der Waals surface area contributed by atoms with Gasteiger partial charge in [0.2, 0.25) is 0 Å². The number of aromatic nitrogens is 2. The molecule has 1 aliphatic rings. The molecule has 1 aromatic carbocycles. The van der Waals surface area contributed by atoms with E-state index in [1.54, 1.807) is 24.3 Å². The van der Waals surface area contributed by atoms with Crippen molar-refractivity contribution in [1.82, 2.24) is 14.5 Å². The van der Waals surface area contributed by atoms with Crippen LogP contribution in [0, 0.1) is 0 Å². The minimum absolute atomic E-state index is 0.263. The SMILES string of the molecule is OC1(c2ccc(Cl)cc2)CN(Cc2nccn2CC(F)(F)F)C1. The number of likely N-dealkylation sites (tertiary alicyclic amines) is 1. The first-order valence-corrected chi connectivity index (χ1v) is 7.40. The largest absolute Gasteiger partial charge is 0.406 e. The zero-order chi connectivity index (χ0) is 16.7. The van der Waals surface area contributed by atoms with E-state index in [-0.39, 0.29) is 6.54 Å². The van der Waals surface area contributed by atoms with Gasteiger partial charge in [-0.25, -0.2) is 4.98 Å². The van der Waals surface area contributed by atoms with Gasteiger partial charge in [0.05, 0.1) is 6.54 Å². The number of hydrogen-bond donors (Lipinski definition) is 1. The highest BCUT2D eigenvalue weighted by Crippen LogP contribution is 2.33. The fourth-order valence-corrected chi connectivity index (χ4v) is 2.90. The Labute approximate surface area is 136 Å². The van der Waals surface area contributed by atoms with E-state index >= 15 is 0 Å². The van der Waals surface area contributed by atoms with Gasteiger partial charge in [0.25, 0.3) is 0 Å². The number of alkyl halides is 3. The van der Waals surface area contributed by atoms with Crippen LogP contribution in [0.2, 0.25) is 5.02 Å². The predicted octanol–water partition coefficient (Wildman–Crippen LogP) is 2.80. The Hall–Kier alpha value is -1.57. The quantitative estimate of drug-likeness (QED) is 0.926. The number of nitrogens with zero attached hydrogens (tertiary/aromatic N) is 3. The molecule has 0 saturated carbocycles. The van der Waals surface area contributed by atoms with Gasteiger partial charge in [-0.15, -0.1) is 0 Å². The van der Waals surface area contributed by atoms with Gasteiger partial charge < -0.3 is 9.67 Å². The number of imidazole rings is 1. The molecule has 0 aliphatic carbocycles. The summed E-state index contributed by atoms with van der Waals surface area (Å²) in [6, 6.07) is 6.91. The molecule has 8 heteroatoms. The van der Waals surface area contributed by atoms with Crippen molar-refractivity contribution in [1.29, 1.82) is 0 Å². The van der Waals surface area contributed by atoms with Crippen molar-refractivity contribution in [3.8, 4) is 0 Å². The van der Waals surface area contributed by atoms with E-state index < -0.39 is 18.3 Å². The summed E-state index contributed by atoms with van der Waals surface area (Å²) in [6.45, 7) is -0.113. The Balaban J connectivity index is 1.62. The standard InChI is InChI=1S/C15H15ClF3N3O/c16-12-3-1-11(2-4-12)14(23)8-21(9-14)7-13-20-5-6-22(13)10-15(17,18)19/h1-6,23H,7-10H2. The van der Waals surface area contributed by atoms with Crippen molar-refractivity contribution in [2.45, 2.75) is 24.9 Å². The van der Waals surface area contributed by atoms with Gasteiger partial charge >= 0.3 is 6.18 Å². The average Bonchev–Trinajstić information content (AvgIpc) is 2.82. The summed E-state index contributed by atoms with van der Waals surface area (Å²) in [5.74, 6) is 0.334. The van der Waals surface area contributed by atoms with Gasteiger partial charge in [-0.2, -0.15) is 13.2 Å². The van der Waals surface area contributed by atoms with Crippen LogP contribution in [-0.2, 0) is 18.7 Å². The molecule has 0 atom stereocenters. The molecule has 1 aliphatic heterocycles. The van der Waals surface area contributed by atoms with E-state index in [9.17, 15) is 18.3 Å². The molecule has 0 bridgehead atoms. The first-order valence-electron chi connectivity index (χ1n) is 7.03. The summed E-state index contributed by atoms with van der Waals surface area (Å²) in [6.07, 6.45) is -1.62. The van der Waals surface area contributed by atoms with E-state index in [0.29, 0.717) is 23.9 Å². The van der Waals surface area contributed by atoms with E-state index in [1.807, 2.05) is 4.90 Å². The van der Waals surface area contributed by atoms with Gasteiger partial charge in [-0.3, -0.25) is 4.90 Å². The van der Waals surface area contributed by atoms with Gasteiger partial charge in [0.15, 0.2) is 0 Å². The van der Waals surface area contributed by atoms with Crippen LogP contribution in [0.4, 0.5) is 13.2 Å². The van der Waals surface area contributed by atoms with E-state index in [4.69, 9.17) is 11.6 Å². The molecule has 124 valence electrons. The Kier molecular flexibility index (Phi) is 4.12. The molecule has 23 heavy (non-hydrogen) atoms. The van der Waals surface area contributed by atoms with Crippen molar-refractivity contribution in [2.24, 2.45) is 0 Å². The Morgan fingerprint density at radius 3 is 2.48 bits per heavy atom. The summed E-state index contributed by atoms with van der Waals surface area (Å²) in [7, 11) is 0. The molecule has 1 saturated heterocycles. The second kappa shape index (κ2) is 5.81. The first kappa shape index (κ1) is 16.3. The Morgan fingerprint density at radius 2 is 1.87 bits per heavy atom. The van der Waals surface area contributed by atoms with Gasteiger partial charge in [0.1, 0.15) is 18.0 Å². The van der Waals surface area contributed by atoms with Crippen LogP contribution >= 0.6 is 11.6 Å². The highest BCUT2D eigenvalue weighted by Gasteiger charge is 2.43. The molecule has 0 unspecified atom stereocenters. The lowest BCUT2D eigenvalue weighted by Gasteiger charge is -2.46. The molecule has 2 heterocycles. The van der Waals surface area contributed by atoms with Crippen LogP contribution in [0.1, 0.15) is 11.4 Å². The number of aliphatic hydroxyl groups is 1. The Morgan fingerprint density at radius 1 is 1.22 bits per heavy atom. The maximum atomic E-state index is 12.5. The van der Waals surface area contributed by atoms with Crippen LogP contribution in [0.3, 0.4) is 0 Å². The zero-order valence-corrected chi connectivity index (χ0v) is 12.8. The highest BCUT2D eigenvalue weighted by molar-refractivity contribution is 6.30. The second-order valence-electron chi connectivity index (χ2n) is 5.77. The molecule has 1 N–H and O–H groups in total. The molecular formula is C15H15ClF3N3O. The minimum atomic E-state index is -4.28. The molecule has 2 aromatic rings. The lowest BCUT2D eigenvalue weighted by Crippen LogP contribution is -2.58. The summed E-state index contributed by atoms with van der Waals surface area (Å²) >= 11 is 5.82. The maximum Gasteiger partial charge on any atom is 0.406 e. The van der Waals surface area contributed by atoms with Crippen LogP contribution in [0.15, 0.2) is 36.7 Å². The third-order valence-electron chi connectivity index (χ3n) is 3.87. The summed E-state index contributed by atoms with van der Waals surface area (Å²) in [5, 5.41) is 11.1. The van der Waals surface area contributed by atoms with Crippen LogP contribution in [-0.4, -0.2) is 38.8 Å². The molecule has 1 aromatic heterocycles. The number of rotatable bonds is 4. The van der Waals surface area contributed by atoms with Crippen molar-refractivity contribution < 1.29 is 18.3 Å². The fourth-order valence-electron chi connectivity index (χ4n) is 2.78. The van der Waals surface area contributed by atoms with Gasteiger partial charge in [0, 0.05) is 30.5 Å². The summed E-state index contributed by atoms with van der Waals surface area (Å²) in [5.41, 5.74) is -0.247. The van der Waals surface area contributed by atoms with Gasteiger partial charge in [-0.05, 0) is 17.7 Å². The van der Waals surface area contributed by atoms with E-state index in [2.05, 4.69) is 4.98 Å². The lowest BCUT2D eigenvalue weighted by atomic mass is 9.86. The second-order valence-corrected chi connectivity index (χ2v) is 6.21. The number of benzene rings is 1. The highest BCUT2D eigenvalue weighted by atomic mass is 35.5. The lowest BCUT2D eigenvalue weighted by molar-refractivity contribution is -0.142. The van der Waals surface area contributed by atoms with Gasteiger partial charge in [-0.1, -0.05) is 23.7 Å². The maximum absolute atomic E-state index is 12.5. The van der Waals surface area contributed by atoms with Crippen molar-refractivity contribution in [2.75, 3.05) is 13.1 Å². The molecule has 3 rings (SSSR count). The third-order valence-corrected chi connectivity index (χ3v) is 4.12. The predicted molar refractivity (Wildman–Crippen MR) is 78.9 cm³/mol. The van der Waals surface area contributed by atoms with Crippen molar-refractivity contribution in [3.05, 3.63) is 53.1 Å². The molecule has 1 fully saturated rings. The molecule has 0 amide bonds. The number of halogens is 4. The first-order chi connectivity index (χ1) is 10.8. The van der Waals surface area contributed by atoms with Crippen molar-refractivity contribution >= 4 is 11.6 Å². The third kappa shape index (κ3) is 3.68. The molecule has 0 spiro atoms. The molecule has 4 nitrogen and oxygen atoms in total. The number of β-amino-alcohol motifs (C(OH)–C–C–N with tert-alkyl or cyclic N) is 1. The summed E-state index contributed by atoms with van der Waals surface area (Å²) in [4.78, 5) is 5.83. The summed E-state index contributed by atoms with van der Waals surface area (Å²) < 4.78 is 38.6. The van der Waals surface area contributed by atoms with Crippen LogP contribution in [0.5, 0.6) is 0 Å². The zero-order valence-electron chi connectivity index (χ0n) is 12.1.